The Morgan fingerprint density at radius 2 is 2.05 bits per heavy atom. The number of amides is 1. The molecule has 2 heterocycles. The summed E-state index contributed by atoms with van der Waals surface area (Å²) in [5, 5.41) is 10.6. The second-order valence-electron chi connectivity index (χ2n) is 6.19. The van der Waals surface area contributed by atoms with Crippen LogP contribution in [0.1, 0.15) is 24.7 Å². The zero-order valence-corrected chi connectivity index (χ0v) is 12.7. The van der Waals surface area contributed by atoms with E-state index in [1.807, 2.05) is 41.3 Å². The SMILES string of the molecule is C[C@@]1(O)CCN(Cc2ccccc2)C(=O)[C@@H]1Cc1ccco1. The van der Waals surface area contributed by atoms with Gasteiger partial charge in [-0.2, -0.15) is 0 Å². The third-order valence-corrected chi connectivity index (χ3v) is 4.45. The van der Waals surface area contributed by atoms with Crippen molar-refractivity contribution >= 4 is 5.91 Å². The van der Waals surface area contributed by atoms with E-state index in [1.165, 1.54) is 0 Å². The molecule has 3 rings (SSSR count). The number of nitrogens with zero attached hydrogens (tertiary/aromatic N) is 1. The molecule has 116 valence electrons. The first-order valence-corrected chi connectivity index (χ1v) is 7.64. The van der Waals surface area contributed by atoms with E-state index in [4.69, 9.17) is 4.42 Å². The van der Waals surface area contributed by atoms with Crippen LogP contribution in [0.2, 0.25) is 0 Å². The summed E-state index contributed by atoms with van der Waals surface area (Å²) in [6, 6.07) is 13.6. The summed E-state index contributed by atoms with van der Waals surface area (Å²) in [5.74, 6) is 0.271. The lowest BCUT2D eigenvalue weighted by Crippen LogP contribution is -2.54. The Morgan fingerprint density at radius 1 is 1.27 bits per heavy atom. The van der Waals surface area contributed by atoms with Gasteiger partial charge in [-0.25, -0.2) is 0 Å². The van der Waals surface area contributed by atoms with Gasteiger partial charge in [0.15, 0.2) is 0 Å². The monoisotopic (exact) mass is 299 g/mol. The molecule has 22 heavy (non-hydrogen) atoms. The van der Waals surface area contributed by atoms with Crippen molar-refractivity contribution in [2.45, 2.75) is 31.9 Å². The van der Waals surface area contributed by atoms with Gasteiger partial charge in [0.05, 0.1) is 17.8 Å². The number of furan rings is 1. The number of benzene rings is 1. The first kappa shape index (κ1) is 14.9. The number of likely N-dealkylation sites (tertiary alicyclic amines) is 1. The van der Waals surface area contributed by atoms with E-state index in [0.29, 0.717) is 25.9 Å². The lowest BCUT2D eigenvalue weighted by molar-refractivity contribution is -0.154. The smallest absolute Gasteiger partial charge is 0.229 e. The number of carbonyl (C=O) groups excluding carboxylic acids is 1. The van der Waals surface area contributed by atoms with E-state index < -0.39 is 11.5 Å². The van der Waals surface area contributed by atoms with Gasteiger partial charge in [0.2, 0.25) is 5.91 Å². The lowest BCUT2D eigenvalue weighted by atomic mass is 9.79. The van der Waals surface area contributed by atoms with Crippen LogP contribution in [0.4, 0.5) is 0 Å². The maximum absolute atomic E-state index is 12.8. The molecule has 1 N–H and O–H groups in total. The Balaban J connectivity index is 1.76. The first-order valence-electron chi connectivity index (χ1n) is 7.64. The molecule has 1 saturated heterocycles. The fourth-order valence-corrected chi connectivity index (χ4v) is 3.03. The van der Waals surface area contributed by atoms with Crippen LogP contribution < -0.4 is 0 Å². The molecule has 4 nitrogen and oxygen atoms in total. The largest absolute Gasteiger partial charge is 0.469 e. The van der Waals surface area contributed by atoms with Gasteiger partial charge in [-0.1, -0.05) is 30.3 Å². The number of hydrogen-bond donors (Lipinski definition) is 1. The second-order valence-corrected chi connectivity index (χ2v) is 6.19. The third-order valence-electron chi connectivity index (χ3n) is 4.45. The van der Waals surface area contributed by atoms with Gasteiger partial charge in [0.1, 0.15) is 5.76 Å². The highest BCUT2D eigenvalue weighted by Gasteiger charge is 2.44. The summed E-state index contributed by atoms with van der Waals surface area (Å²) in [4.78, 5) is 14.6. The molecule has 1 aromatic heterocycles. The van der Waals surface area contributed by atoms with Crippen molar-refractivity contribution in [1.29, 1.82) is 0 Å². The quantitative estimate of drug-likeness (QED) is 0.944. The summed E-state index contributed by atoms with van der Waals surface area (Å²) in [6.45, 7) is 2.91. The third kappa shape index (κ3) is 3.07. The average molecular weight is 299 g/mol. The molecular weight excluding hydrogens is 278 g/mol. The standard InChI is InChI=1S/C18H21NO3/c1-18(21)9-10-19(13-14-6-3-2-4-7-14)17(20)16(18)12-15-8-5-11-22-15/h2-8,11,16,21H,9-10,12-13H2,1H3/t16-,18+/m0/s1. The topological polar surface area (TPSA) is 53.7 Å². The van der Waals surface area contributed by atoms with Crippen molar-refractivity contribution in [2.75, 3.05) is 6.54 Å². The van der Waals surface area contributed by atoms with Crippen molar-refractivity contribution in [2.24, 2.45) is 5.92 Å². The molecule has 0 spiro atoms. The summed E-state index contributed by atoms with van der Waals surface area (Å²) in [5.41, 5.74) is 0.117. The first-order chi connectivity index (χ1) is 10.6. The number of hydrogen-bond acceptors (Lipinski definition) is 3. The van der Waals surface area contributed by atoms with E-state index in [0.717, 1.165) is 11.3 Å². The van der Waals surface area contributed by atoms with Crippen molar-refractivity contribution in [1.82, 2.24) is 4.90 Å². The Kier molecular flexibility index (Phi) is 4.03. The van der Waals surface area contributed by atoms with E-state index in [1.54, 1.807) is 19.3 Å². The zero-order chi connectivity index (χ0) is 15.6. The molecule has 4 heteroatoms. The van der Waals surface area contributed by atoms with Gasteiger partial charge < -0.3 is 14.4 Å². The maximum Gasteiger partial charge on any atom is 0.229 e. The van der Waals surface area contributed by atoms with Gasteiger partial charge in [-0.3, -0.25) is 4.79 Å². The maximum atomic E-state index is 12.8. The van der Waals surface area contributed by atoms with Crippen LogP contribution in [0.3, 0.4) is 0 Å². The van der Waals surface area contributed by atoms with Crippen molar-refractivity contribution in [3.8, 4) is 0 Å². The highest BCUT2D eigenvalue weighted by molar-refractivity contribution is 5.81. The number of carbonyl (C=O) groups is 1. The van der Waals surface area contributed by atoms with Crippen LogP contribution in [0, 0.1) is 5.92 Å². The highest BCUT2D eigenvalue weighted by Crippen LogP contribution is 2.32. The fraction of sp³-hybridized carbons (Fsp3) is 0.389. The molecule has 1 aliphatic heterocycles. The predicted octanol–water partition coefficient (Wildman–Crippen LogP) is 2.62. The molecule has 1 fully saturated rings. The fourth-order valence-electron chi connectivity index (χ4n) is 3.03. The molecule has 1 aliphatic rings. The summed E-state index contributed by atoms with van der Waals surface area (Å²) >= 11 is 0. The predicted molar refractivity (Wildman–Crippen MR) is 83.0 cm³/mol. The van der Waals surface area contributed by atoms with Crippen LogP contribution in [0.25, 0.3) is 0 Å². The van der Waals surface area contributed by atoms with Crippen molar-refractivity contribution < 1.29 is 14.3 Å². The molecule has 0 saturated carbocycles. The van der Waals surface area contributed by atoms with Gasteiger partial charge in [0, 0.05) is 19.5 Å². The van der Waals surface area contributed by atoms with Gasteiger partial charge >= 0.3 is 0 Å². The Morgan fingerprint density at radius 3 is 2.73 bits per heavy atom. The van der Waals surface area contributed by atoms with Crippen LogP contribution in [0.5, 0.6) is 0 Å². The van der Waals surface area contributed by atoms with Crippen LogP contribution in [0.15, 0.2) is 53.1 Å². The summed E-state index contributed by atoms with van der Waals surface area (Å²) in [6.07, 6.45) is 2.61. The highest BCUT2D eigenvalue weighted by atomic mass is 16.3. The van der Waals surface area contributed by atoms with Crippen molar-refractivity contribution in [3.05, 3.63) is 60.1 Å². The Labute approximate surface area is 130 Å². The molecule has 1 aromatic carbocycles. The minimum absolute atomic E-state index is 0.00324. The molecule has 2 aromatic rings. The molecule has 1 amide bonds. The number of rotatable bonds is 4. The van der Waals surface area contributed by atoms with Gasteiger partial charge in [-0.15, -0.1) is 0 Å². The molecule has 0 radical (unpaired) electrons. The van der Waals surface area contributed by atoms with Crippen LogP contribution >= 0.6 is 0 Å². The van der Waals surface area contributed by atoms with Crippen LogP contribution in [-0.4, -0.2) is 28.1 Å². The molecule has 2 atom stereocenters. The summed E-state index contributed by atoms with van der Waals surface area (Å²) < 4.78 is 5.35. The Bertz CT molecular complexity index is 619. The zero-order valence-electron chi connectivity index (χ0n) is 12.7. The molecule has 0 unspecified atom stereocenters. The van der Waals surface area contributed by atoms with E-state index in [2.05, 4.69) is 0 Å². The van der Waals surface area contributed by atoms with Crippen molar-refractivity contribution in [3.63, 3.8) is 0 Å². The molecule has 0 aliphatic carbocycles. The number of piperidine rings is 1. The Hall–Kier alpha value is -2.07. The van der Waals surface area contributed by atoms with Gasteiger partial charge in [0.25, 0.3) is 0 Å². The second kappa shape index (κ2) is 5.97. The van der Waals surface area contributed by atoms with E-state index >= 15 is 0 Å². The van der Waals surface area contributed by atoms with Gasteiger partial charge in [-0.05, 0) is 31.0 Å². The molecular formula is C18H21NO3. The van der Waals surface area contributed by atoms with E-state index in [9.17, 15) is 9.90 Å². The minimum Gasteiger partial charge on any atom is -0.469 e. The molecule has 0 bridgehead atoms. The lowest BCUT2D eigenvalue weighted by Gasteiger charge is -2.41. The van der Waals surface area contributed by atoms with Crippen LogP contribution in [-0.2, 0) is 17.8 Å². The summed E-state index contributed by atoms with van der Waals surface area (Å²) in [7, 11) is 0. The minimum atomic E-state index is -0.989. The normalized spacial score (nSPS) is 25.5. The number of aliphatic hydroxyl groups is 1. The average Bonchev–Trinajstić information content (AvgIpc) is 3.01. The van der Waals surface area contributed by atoms with E-state index in [-0.39, 0.29) is 5.91 Å².